The molecule has 0 amide bonds. The van der Waals surface area contributed by atoms with Gasteiger partial charge in [-0.15, -0.1) is 0 Å². The zero-order chi connectivity index (χ0) is 16.0. The van der Waals surface area contributed by atoms with E-state index in [1.54, 1.807) is 7.11 Å². The third-order valence-corrected chi connectivity index (χ3v) is 3.77. The van der Waals surface area contributed by atoms with E-state index < -0.39 is 0 Å². The first kappa shape index (κ1) is 18.0. The Hall–Kier alpha value is -1.06. The summed E-state index contributed by atoms with van der Waals surface area (Å²) >= 11 is 6.24. The maximum absolute atomic E-state index is 11.6. The molecular formula is C17H25ClO3. The van der Waals surface area contributed by atoms with Crippen LogP contribution in [0.25, 0.3) is 0 Å². The van der Waals surface area contributed by atoms with Gasteiger partial charge in [-0.05, 0) is 36.1 Å². The highest BCUT2D eigenvalue weighted by Gasteiger charge is 2.23. The number of ether oxygens (including phenoxy) is 2. The van der Waals surface area contributed by atoms with Crippen LogP contribution in [-0.2, 0) is 19.7 Å². The quantitative estimate of drug-likeness (QED) is 0.703. The van der Waals surface area contributed by atoms with Gasteiger partial charge in [0, 0.05) is 17.5 Å². The lowest BCUT2D eigenvalue weighted by molar-refractivity contribution is -0.143. The molecular weight excluding hydrogens is 288 g/mol. The molecule has 3 nitrogen and oxygen atoms in total. The summed E-state index contributed by atoms with van der Waals surface area (Å²) in [6.45, 7) is 9.07. The highest BCUT2D eigenvalue weighted by Crippen LogP contribution is 2.31. The van der Waals surface area contributed by atoms with Gasteiger partial charge in [0.15, 0.2) is 0 Å². The largest absolute Gasteiger partial charge is 0.466 e. The number of benzene rings is 1. The van der Waals surface area contributed by atoms with Crippen LogP contribution in [-0.4, -0.2) is 26.3 Å². The first-order chi connectivity index (χ1) is 9.80. The smallest absolute Gasteiger partial charge is 0.306 e. The molecule has 1 aromatic carbocycles. The monoisotopic (exact) mass is 312 g/mol. The molecule has 0 heterocycles. The van der Waals surface area contributed by atoms with Crippen molar-refractivity contribution < 1.29 is 14.3 Å². The summed E-state index contributed by atoms with van der Waals surface area (Å²) in [6, 6.07) is 5.98. The van der Waals surface area contributed by atoms with Crippen molar-refractivity contribution >= 4 is 17.6 Å². The molecule has 1 rings (SSSR count). The summed E-state index contributed by atoms with van der Waals surface area (Å²) in [5.41, 5.74) is 2.04. The van der Waals surface area contributed by atoms with Crippen molar-refractivity contribution in [1.29, 1.82) is 0 Å². The van der Waals surface area contributed by atoms with Crippen LogP contribution in [0.15, 0.2) is 18.2 Å². The molecule has 0 N–H and O–H groups in total. The number of carbonyl (C=O) groups is 1. The summed E-state index contributed by atoms with van der Waals surface area (Å²) in [5, 5.41) is 0.683. The lowest BCUT2D eigenvalue weighted by atomic mass is 9.83. The van der Waals surface area contributed by atoms with E-state index >= 15 is 0 Å². The number of hydrogen-bond donors (Lipinski definition) is 0. The number of rotatable bonds is 7. The Morgan fingerprint density at radius 1 is 1.33 bits per heavy atom. The summed E-state index contributed by atoms with van der Waals surface area (Å²) in [5.74, 6) is -0.109. The van der Waals surface area contributed by atoms with Crippen molar-refractivity contribution in [3.8, 4) is 0 Å². The highest BCUT2D eigenvalue weighted by atomic mass is 35.5. The van der Waals surface area contributed by atoms with E-state index in [0.29, 0.717) is 24.7 Å². The van der Waals surface area contributed by atoms with Crippen LogP contribution in [0.5, 0.6) is 0 Å². The molecule has 1 unspecified atom stereocenters. The first-order valence-electron chi connectivity index (χ1n) is 7.25. The zero-order valence-corrected chi connectivity index (χ0v) is 14.3. The Labute approximate surface area is 132 Å². The SMILES string of the molecule is CCOC(=O)CC(C)c1cc(Cl)cc(C(C)(C)COC)c1. The van der Waals surface area contributed by atoms with Gasteiger partial charge in [0.1, 0.15) is 0 Å². The fourth-order valence-corrected chi connectivity index (χ4v) is 2.56. The summed E-state index contributed by atoms with van der Waals surface area (Å²) in [4.78, 5) is 11.6. The van der Waals surface area contributed by atoms with Crippen LogP contribution >= 0.6 is 11.6 Å². The van der Waals surface area contributed by atoms with Crippen LogP contribution < -0.4 is 0 Å². The van der Waals surface area contributed by atoms with Gasteiger partial charge in [-0.1, -0.05) is 38.4 Å². The predicted octanol–water partition coefficient (Wildman–Crippen LogP) is 4.32. The molecule has 0 aliphatic carbocycles. The minimum atomic E-state index is -0.178. The fourth-order valence-electron chi connectivity index (χ4n) is 2.32. The molecule has 0 spiro atoms. The van der Waals surface area contributed by atoms with Crippen molar-refractivity contribution in [2.24, 2.45) is 0 Å². The highest BCUT2D eigenvalue weighted by molar-refractivity contribution is 6.30. The molecule has 0 aromatic heterocycles. The molecule has 0 saturated carbocycles. The third-order valence-electron chi connectivity index (χ3n) is 3.55. The van der Waals surface area contributed by atoms with Crippen LogP contribution in [0.3, 0.4) is 0 Å². The average Bonchev–Trinajstić information content (AvgIpc) is 2.38. The van der Waals surface area contributed by atoms with E-state index in [0.717, 1.165) is 11.1 Å². The maximum atomic E-state index is 11.6. The van der Waals surface area contributed by atoms with Crippen LogP contribution in [0, 0.1) is 0 Å². The minimum Gasteiger partial charge on any atom is -0.466 e. The van der Waals surface area contributed by atoms with Crippen molar-refractivity contribution in [3.05, 3.63) is 34.3 Å². The number of methoxy groups -OCH3 is 1. The third kappa shape index (κ3) is 5.33. The molecule has 1 atom stereocenters. The van der Waals surface area contributed by atoms with E-state index in [1.165, 1.54) is 0 Å². The topological polar surface area (TPSA) is 35.5 Å². The number of halogens is 1. The van der Waals surface area contributed by atoms with Gasteiger partial charge in [0.05, 0.1) is 19.6 Å². The molecule has 0 aliphatic heterocycles. The Morgan fingerprint density at radius 3 is 2.57 bits per heavy atom. The van der Waals surface area contributed by atoms with E-state index in [9.17, 15) is 4.79 Å². The van der Waals surface area contributed by atoms with Crippen LogP contribution in [0.1, 0.15) is 51.2 Å². The standard InChI is InChI=1S/C17H25ClO3/c1-6-21-16(19)7-12(2)13-8-14(10-15(18)9-13)17(3,4)11-20-5/h8-10,12H,6-7,11H2,1-5H3. The second-order valence-corrected chi connectivity index (χ2v) is 6.44. The van der Waals surface area contributed by atoms with E-state index in [4.69, 9.17) is 21.1 Å². The Morgan fingerprint density at radius 2 is 2.00 bits per heavy atom. The van der Waals surface area contributed by atoms with Gasteiger partial charge >= 0.3 is 5.97 Å². The van der Waals surface area contributed by atoms with E-state index in [2.05, 4.69) is 19.9 Å². The van der Waals surface area contributed by atoms with E-state index in [-0.39, 0.29) is 17.3 Å². The van der Waals surface area contributed by atoms with Gasteiger partial charge in [-0.3, -0.25) is 4.79 Å². The molecule has 0 saturated heterocycles. The van der Waals surface area contributed by atoms with Gasteiger partial charge in [0.2, 0.25) is 0 Å². The lowest BCUT2D eigenvalue weighted by Gasteiger charge is -2.26. The molecule has 0 radical (unpaired) electrons. The number of carbonyl (C=O) groups excluding carboxylic acids is 1. The van der Waals surface area contributed by atoms with Crippen molar-refractivity contribution in [3.63, 3.8) is 0 Å². The maximum Gasteiger partial charge on any atom is 0.306 e. The molecule has 0 aliphatic rings. The average molecular weight is 313 g/mol. The lowest BCUT2D eigenvalue weighted by Crippen LogP contribution is -2.24. The van der Waals surface area contributed by atoms with Gasteiger partial charge < -0.3 is 9.47 Å². The Kier molecular flexibility index (Phi) is 6.69. The minimum absolute atomic E-state index is 0.0693. The number of esters is 1. The second kappa shape index (κ2) is 7.81. The molecule has 21 heavy (non-hydrogen) atoms. The predicted molar refractivity (Wildman–Crippen MR) is 86.0 cm³/mol. The molecule has 0 fully saturated rings. The second-order valence-electron chi connectivity index (χ2n) is 6.00. The molecule has 1 aromatic rings. The molecule has 4 heteroatoms. The summed E-state index contributed by atoms with van der Waals surface area (Å²) in [7, 11) is 1.69. The summed E-state index contributed by atoms with van der Waals surface area (Å²) < 4.78 is 10.3. The van der Waals surface area contributed by atoms with Crippen LogP contribution in [0.2, 0.25) is 5.02 Å². The Bertz CT molecular complexity index is 483. The van der Waals surface area contributed by atoms with Crippen molar-refractivity contribution in [2.45, 2.75) is 45.4 Å². The normalized spacial score (nSPS) is 13.0. The summed E-state index contributed by atoms with van der Waals surface area (Å²) in [6.07, 6.45) is 0.359. The van der Waals surface area contributed by atoms with Crippen LogP contribution in [0.4, 0.5) is 0 Å². The molecule has 118 valence electrons. The number of hydrogen-bond acceptors (Lipinski definition) is 3. The zero-order valence-electron chi connectivity index (χ0n) is 13.5. The van der Waals surface area contributed by atoms with Gasteiger partial charge in [0.25, 0.3) is 0 Å². The molecule has 0 bridgehead atoms. The van der Waals surface area contributed by atoms with E-state index in [1.807, 2.05) is 26.0 Å². The fraction of sp³-hybridized carbons (Fsp3) is 0.588. The van der Waals surface area contributed by atoms with Crippen molar-refractivity contribution in [2.75, 3.05) is 20.3 Å². The Balaban J connectivity index is 2.98. The van der Waals surface area contributed by atoms with Gasteiger partial charge in [-0.2, -0.15) is 0 Å². The van der Waals surface area contributed by atoms with Crippen molar-refractivity contribution in [1.82, 2.24) is 0 Å². The first-order valence-corrected chi connectivity index (χ1v) is 7.63. The van der Waals surface area contributed by atoms with Gasteiger partial charge in [-0.25, -0.2) is 0 Å².